The fourth-order valence-corrected chi connectivity index (χ4v) is 4.55. The Labute approximate surface area is 191 Å². The van der Waals surface area contributed by atoms with Gasteiger partial charge < -0.3 is 8.98 Å². The number of nitrogens with zero attached hydrogens (tertiary/aromatic N) is 2. The fraction of sp³-hybridized carbons (Fsp3) is 0.345. The zero-order chi connectivity index (χ0) is 23.0. The molecule has 166 valence electrons. The molecule has 0 aliphatic rings. The predicted molar refractivity (Wildman–Crippen MR) is 135 cm³/mol. The van der Waals surface area contributed by atoms with Gasteiger partial charge in [-0.1, -0.05) is 77.6 Å². The van der Waals surface area contributed by atoms with E-state index >= 15 is 0 Å². The Balaban J connectivity index is 1.82. The van der Waals surface area contributed by atoms with Crippen LogP contribution in [0.2, 0.25) is 0 Å². The maximum Gasteiger partial charge on any atom is 0.134 e. The summed E-state index contributed by atoms with van der Waals surface area (Å²) in [4.78, 5) is 5.11. The Bertz CT molecular complexity index is 1270. The van der Waals surface area contributed by atoms with Crippen molar-refractivity contribution < 1.29 is 4.42 Å². The van der Waals surface area contributed by atoms with Crippen LogP contribution in [0.4, 0.5) is 0 Å². The molecule has 0 N–H and O–H groups in total. The van der Waals surface area contributed by atoms with E-state index in [1.165, 1.54) is 22.3 Å². The van der Waals surface area contributed by atoms with E-state index in [0.29, 0.717) is 11.8 Å². The van der Waals surface area contributed by atoms with E-state index in [4.69, 9.17) is 9.40 Å². The first-order valence-corrected chi connectivity index (χ1v) is 11.7. The van der Waals surface area contributed by atoms with Crippen molar-refractivity contribution in [3.05, 3.63) is 83.0 Å². The molecule has 0 spiro atoms. The molecule has 0 bridgehead atoms. The van der Waals surface area contributed by atoms with Crippen molar-refractivity contribution in [2.75, 3.05) is 0 Å². The summed E-state index contributed by atoms with van der Waals surface area (Å²) in [7, 11) is 2.09. The minimum Gasteiger partial charge on any atom is -0.460 e. The van der Waals surface area contributed by atoms with Crippen molar-refractivity contribution >= 4 is 17.0 Å². The molecule has 4 aromatic rings. The van der Waals surface area contributed by atoms with Gasteiger partial charge in [0.05, 0.1) is 11.3 Å². The molecular weight excluding hydrogens is 392 g/mol. The van der Waals surface area contributed by atoms with Crippen LogP contribution in [0.1, 0.15) is 80.3 Å². The smallest absolute Gasteiger partial charge is 0.134 e. The van der Waals surface area contributed by atoms with Gasteiger partial charge in [0.15, 0.2) is 0 Å². The lowest BCUT2D eigenvalue weighted by atomic mass is 9.86. The van der Waals surface area contributed by atoms with Crippen LogP contribution in [0.5, 0.6) is 0 Å². The number of para-hydroxylation sites is 1. The molecule has 2 aromatic heterocycles. The Hall–Kier alpha value is -3.07. The van der Waals surface area contributed by atoms with E-state index in [0.717, 1.165) is 46.7 Å². The number of imidazole rings is 1. The molecule has 4 rings (SSSR count). The second-order valence-corrected chi connectivity index (χ2v) is 9.27. The summed E-state index contributed by atoms with van der Waals surface area (Å²) in [5.74, 6) is 2.97. The number of furan rings is 1. The first kappa shape index (κ1) is 22.1. The molecule has 3 heteroatoms. The summed E-state index contributed by atoms with van der Waals surface area (Å²) in [5.41, 5.74) is 8.32. The molecule has 32 heavy (non-hydrogen) atoms. The number of fused-ring (bicyclic) bond motifs is 1. The lowest BCUT2D eigenvalue weighted by Crippen LogP contribution is -2.06. The maximum absolute atomic E-state index is 6.13. The molecule has 0 aliphatic heterocycles. The average Bonchev–Trinajstić information content (AvgIpc) is 3.33. The van der Waals surface area contributed by atoms with Gasteiger partial charge in [0, 0.05) is 31.5 Å². The van der Waals surface area contributed by atoms with E-state index in [1.54, 1.807) is 0 Å². The Morgan fingerprint density at radius 3 is 2.50 bits per heavy atom. The van der Waals surface area contributed by atoms with Crippen LogP contribution in [0.15, 0.2) is 53.6 Å². The largest absolute Gasteiger partial charge is 0.460 e. The summed E-state index contributed by atoms with van der Waals surface area (Å²) in [6.07, 6.45) is 5.75. The summed E-state index contributed by atoms with van der Waals surface area (Å²) in [6.45, 7) is 15.3. The first-order valence-electron chi connectivity index (χ1n) is 11.7. The lowest BCUT2D eigenvalue weighted by molar-refractivity contribution is 0.558. The summed E-state index contributed by atoms with van der Waals surface area (Å²) >= 11 is 0. The van der Waals surface area contributed by atoms with E-state index in [1.807, 2.05) is 18.2 Å². The van der Waals surface area contributed by atoms with Crippen LogP contribution in [0.3, 0.4) is 0 Å². The van der Waals surface area contributed by atoms with Gasteiger partial charge >= 0.3 is 0 Å². The highest BCUT2D eigenvalue weighted by Gasteiger charge is 2.20. The second kappa shape index (κ2) is 8.82. The highest BCUT2D eigenvalue weighted by molar-refractivity contribution is 5.94. The Morgan fingerprint density at radius 2 is 1.84 bits per heavy atom. The van der Waals surface area contributed by atoms with Crippen molar-refractivity contribution in [1.82, 2.24) is 9.55 Å². The molecular formula is C29H34N2O. The van der Waals surface area contributed by atoms with Crippen LogP contribution in [-0.4, -0.2) is 9.55 Å². The van der Waals surface area contributed by atoms with Crippen molar-refractivity contribution in [2.24, 2.45) is 7.05 Å². The van der Waals surface area contributed by atoms with Gasteiger partial charge in [0.1, 0.15) is 17.2 Å². The first-order chi connectivity index (χ1) is 15.3. The third kappa shape index (κ3) is 3.92. The molecule has 0 amide bonds. The lowest BCUT2D eigenvalue weighted by Gasteiger charge is -2.19. The Kier molecular flexibility index (Phi) is 6.10. The van der Waals surface area contributed by atoms with Crippen molar-refractivity contribution in [3.63, 3.8) is 0 Å². The van der Waals surface area contributed by atoms with Crippen LogP contribution in [-0.2, 0) is 19.9 Å². The number of hydrogen-bond acceptors (Lipinski definition) is 2. The van der Waals surface area contributed by atoms with Crippen molar-refractivity contribution in [2.45, 2.75) is 59.3 Å². The summed E-state index contributed by atoms with van der Waals surface area (Å²) < 4.78 is 8.29. The predicted octanol–water partition coefficient (Wildman–Crippen LogP) is 7.88. The van der Waals surface area contributed by atoms with Crippen LogP contribution in [0, 0.1) is 0 Å². The number of hydrogen-bond donors (Lipinski definition) is 0. The molecule has 0 unspecified atom stereocenters. The van der Waals surface area contributed by atoms with Crippen molar-refractivity contribution in [3.8, 4) is 11.3 Å². The normalized spacial score (nSPS) is 11.8. The topological polar surface area (TPSA) is 31.0 Å². The van der Waals surface area contributed by atoms with Gasteiger partial charge in [-0.05, 0) is 40.2 Å². The van der Waals surface area contributed by atoms with Gasteiger partial charge in [0.2, 0.25) is 0 Å². The zero-order valence-corrected chi connectivity index (χ0v) is 20.2. The quantitative estimate of drug-likeness (QED) is 0.301. The minimum absolute atomic E-state index is 0.437. The van der Waals surface area contributed by atoms with Gasteiger partial charge in [0.25, 0.3) is 0 Å². The monoisotopic (exact) mass is 426 g/mol. The summed E-state index contributed by atoms with van der Waals surface area (Å²) in [5, 5.41) is 1.13. The molecule has 0 radical (unpaired) electrons. The molecule has 2 aromatic carbocycles. The number of aryl methyl sites for hydroxylation is 2. The fourth-order valence-electron chi connectivity index (χ4n) is 4.55. The molecule has 0 aliphatic carbocycles. The summed E-state index contributed by atoms with van der Waals surface area (Å²) in [6, 6.07) is 12.9. The second-order valence-electron chi connectivity index (χ2n) is 9.27. The van der Waals surface area contributed by atoms with E-state index < -0.39 is 0 Å². The van der Waals surface area contributed by atoms with Crippen LogP contribution in [0.25, 0.3) is 28.3 Å². The van der Waals surface area contributed by atoms with E-state index in [2.05, 4.69) is 83.3 Å². The third-order valence-electron chi connectivity index (χ3n) is 6.40. The highest BCUT2D eigenvalue weighted by atomic mass is 16.3. The molecule has 0 fully saturated rings. The van der Waals surface area contributed by atoms with Gasteiger partial charge in [-0.3, -0.25) is 0 Å². The molecule has 0 saturated carbocycles. The van der Waals surface area contributed by atoms with Crippen molar-refractivity contribution in [1.29, 1.82) is 0 Å². The average molecular weight is 427 g/mol. The number of aromatic nitrogens is 2. The maximum atomic E-state index is 6.13. The molecule has 0 atom stereocenters. The number of rotatable bonds is 7. The standard InChI is InChI=1S/C29H34N2O/c1-8-20-14-21(18(3)4)15-23(19(5)6)24(20)16-28-30-25(17-31(28)7)29-22-12-10-11-13-27(22)32-26(29)9-2/h8,10-15,17-19H,1,9,16H2,2-7H3. The third-order valence-corrected chi connectivity index (χ3v) is 6.40. The molecule has 3 nitrogen and oxygen atoms in total. The molecule has 2 heterocycles. The highest BCUT2D eigenvalue weighted by Crippen LogP contribution is 2.36. The van der Waals surface area contributed by atoms with Crippen LogP contribution >= 0.6 is 0 Å². The van der Waals surface area contributed by atoms with E-state index in [9.17, 15) is 0 Å². The Morgan fingerprint density at radius 1 is 1.09 bits per heavy atom. The van der Waals surface area contributed by atoms with Gasteiger partial charge in [-0.15, -0.1) is 0 Å². The SMILES string of the molecule is C=Cc1cc(C(C)C)cc(C(C)C)c1Cc1nc(-c2c(CC)oc3ccccc23)cn1C. The minimum atomic E-state index is 0.437. The zero-order valence-electron chi connectivity index (χ0n) is 20.2. The van der Waals surface area contributed by atoms with Gasteiger partial charge in [-0.2, -0.15) is 0 Å². The van der Waals surface area contributed by atoms with Gasteiger partial charge in [-0.25, -0.2) is 4.98 Å². The number of benzene rings is 2. The van der Waals surface area contributed by atoms with Crippen LogP contribution < -0.4 is 0 Å². The molecule has 0 saturated heterocycles. The van der Waals surface area contributed by atoms with E-state index in [-0.39, 0.29) is 0 Å².